The Bertz CT molecular complexity index is 859. The summed E-state index contributed by atoms with van der Waals surface area (Å²) in [6.07, 6.45) is 0. The minimum atomic E-state index is 0.113. The predicted octanol–water partition coefficient (Wildman–Crippen LogP) is 4.83. The van der Waals surface area contributed by atoms with Gasteiger partial charge in [0, 0.05) is 11.0 Å². The second kappa shape index (κ2) is 8.10. The highest BCUT2D eigenvalue weighted by atomic mass is 79.9. The fourth-order valence-corrected chi connectivity index (χ4v) is 3.48. The minimum Gasteiger partial charge on any atom is -0.493 e. The molecular formula is C20H24BrN3O2. The van der Waals surface area contributed by atoms with E-state index in [0.717, 1.165) is 32.6 Å². The van der Waals surface area contributed by atoms with E-state index in [9.17, 15) is 0 Å². The Morgan fingerprint density at radius 1 is 1.12 bits per heavy atom. The minimum absolute atomic E-state index is 0.113. The zero-order valence-electron chi connectivity index (χ0n) is 15.5. The summed E-state index contributed by atoms with van der Waals surface area (Å²) in [7, 11) is 3.28. The number of para-hydroxylation sites is 2. The van der Waals surface area contributed by atoms with Crippen molar-refractivity contribution in [2.75, 3.05) is 14.2 Å². The van der Waals surface area contributed by atoms with Gasteiger partial charge < -0.3 is 19.8 Å². The lowest BCUT2D eigenvalue weighted by atomic mass is 10.0. The molecule has 0 bridgehead atoms. The average Bonchev–Trinajstić information content (AvgIpc) is 3.06. The molecule has 138 valence electrons. The number of ether oxygens (including phenoxy) is 2. The van der Waals surface area contributed by atoms with Crippen molar-refractivity contribution >= 4 is 27.0 Å². The van der Waals surface area contributed by atoms with Crippen molar-refractivity contribution < 1.29 is 9.47 Å². The van der Waals surface area contributed by atoms with Crippen LogP contribution in [0.1, 0.15) is 31.3 Å². The Kier molecular flexibility index (Phi) is 5.84. The van der Waals surface area contributed by atoms with Crippen LogP contribution in [0.4, 0.5) is 0 Å². The van der Waals surface area contributed by atoms with E-state index >= 15 is 0 Å². The third-order valence-corrected chi connectivity index (χ3v) is 5.17. The number of aromatic nitrogens is 2. The molecule has 0 saturated heterocycles. The lowest BCUT2D eigenvalue weighted by Gasteiger charge is -2.21. The average molecular weight is 418 g/mol. The molecule has 0 amide bonds. The first-order valence-corrected chi connectivity index (χ1v) is 9.41. The standard InChI is InChI=1S/C20H24BrN3O2/c1-12(2)19(20-23-15-7-5-6-8-16(15)24-20)22-11-13-9-17(25-3)18(26-4)10-14(13)21/h5-10,12,19,22H,11H2,1-4H3,(H,23,24)/t19-/m1/s1. The maximum Gasteiger partial charge on any atom is 0.161 e. The van der Waals surface area contributed by atoms with Gasteiger partial charge in [0.25, 0.3) is 0 Å². The topological polar surface area (TPSA) is 59.2 Å². The van der Waals surface area contributed by atoms with Crippen LogP contribution in [0, 0.1) is 5.92 Å². The zero-order valence-corrected chi connectivity index (χ0v) is 17.1. The number of H-pyrrole nitrogens is 1. The van der Waals surface area contributed by atoms with Crippen LogP contribution in [0.3, 0.4) is 0 Å². The van der Waals surface area contributed by atoms with Crippen molar-refractivity contribution in [2.24, 2.45) is 5.92 Å². The SMILES string of the molecule is COc1cc(Br)c(CN[C@@H](c2nc3ccccc3[nH]2)C(C)C)cc1OC. The summed E-state index contributed by atoms with van der Waals surface area (Å²) in [5.41, 5.74) is 3.15. The van der Waals surface area contributed by atoms with Crippen LogP contribution in [0.5, 0.6) is 11.5 Å². The van der Waals surface area contributed by atoms with E-state index < -0.39 is 0 Å². The van der Waals surface area contributed by atoms with E-state index in [-0.39, 0.29) is 6.04 Å². The first kappa shape index (κ1) is 18.7. The van der Waals surface area contributed by atoms with Crippen LogP contribution in [-0.2, 0) is 6.54 Å². The van der Waals surface area contributed by atoms with E-state index in [2.05, 4.69) is 40.1 Å². The molecule has 0 aliphatic rings. The fourth-order valence-electron chi connectivity index (χ4n) is 3.02. The Hall–Kier alpha value is -2.05. The van der Waals surface area contributed by atoms with Gasteiger partial charge in [0.2, 0.25) is 0 Å². The van der Waals surface area contributed by atoms with Crippen molar-refractivity contribution in [1.29, 1.82) is 0 Å². The molecule has 1 aromatic heterocycles. The molecule has 2 aromatic carbocycles. The molecule has 0 spiro atoms. The highest BCUT2D eigenvalue weighted by Crippen LogP contribution is 2.33. The summed E-state index contributed by atoms with van der Waals surface area (Å²) in [4.78, 5) is 8.19. The summed E-state index contributed by atoms with van der Waals surface area (Å²) in [5.74, 6) is 2.77. The van der Waals surface area contributed by atoms with Crippen LogP contribution in [0.25, 0.3) is 11.0 Å². The molecule has 2 N–H and O–H groups in total. The van der Waals surface area contributed by atoms with Crippen LogP contribution in [0.15, 0.2) is 40.9 Å². The first-order valence-electron chi connectivity index (χ1n) is 8.62. The number of methoxy groups -OCH3 is 2. The van der Waals surface area contributed by atoms with Gasteiger partial charge in [0.05, 0.1) is 31.3 Å². The summed E-state index contributed by atoms with van der Waals surface area (Å²) < 4.78 is 11.7. The molecule has 0 radical (unpaired) electrons. The predicted molar refractivity (Wildman–Crippen MR) is 108 cm³/mol. The molecule has 0 fully saturated rings. The number of aromatic amines is 1. The molecule has 6 heteroatoms. The van der Waals surface area contributed by atoms with E-state index in [0.29, 0.717) is 18.2 Å². The van der Waals surface area contributed by atoms with Gasteiger partial charge in [-0.3, -0.25) is 0 Å². The summed E-state index contributed by atoms with van der Waals surface area (Å²) in [5, 5.41) is 3.62. The lowest BCUT2D eigenvalue weighted by molar-refractivity contribution is 0.353. The molecule has 5 nitrogen and oxygen atoms in total. The summed E-state index contributed by atoms with van der Waals surface area (Å²) >= 11 is 3.62. The van der Waals surface area contributed by atoms with Crippen molar-refractivity contribution in [3.8, 4) is 11.5 Å². The molecule has 0 aliphatic carbocycles. The Morgan fingerprint density at radius 3 is 2.46 bits per heavy atom. The number of rotatable bonds is 7. The number of hydrogen-bond acceptors (Lipinski definition) is 4. The highest BCUT2D eigenvalue weighted by Gasteiger charge is 2.20. The van der Waals surface area contributed by atoms with Crippen LogP contribution >= 0.6 is 15.9 Å². The van der Waals surface area contributed by atoms with Gasteiger partial charge in [-0.1, -0.05) is 41.9 Å². The fraction of sp³-hybridized carbons (Fsp3) is 0.350. The van der Waals surface area contributed by atoms with Crippen LogP contribution in [0.2, 0.25) is 0 Å². The normalized spacial score (nSPS) is 12.5. The van der Waals surface area contributed by atoms with E-state index in [1.165, 1.54) is 0 Å². The van der Waals surface area contributed by atoms with Crippen molar-refractivity contribution in [1.82, 2.24) is 15.3 Å². The molecule has 3 aromatic rings. The largest absolute Gasteiger partial charge is 0.493 e. The summed E-state index contributed by atoms with van der Waals surface area (Å²) in [6, 6.07) is 12.1. The monoisotopic (exact) mass is 417 g/mol. The third kappa shape index (κ3) is 3.86. The Morgan fingerprint density at radius 2 is 1.81 bits per heavy atom. The van der Waals surface area contributed by atoms with Crippen LogP contribution in [-0.4, -0.2) is 24.2 Å². The molecule has 3 rings (SSSR count). The molecule has 1 atom stereocenters. The Labute approximate surface area is 162 Å². The maximum absolute atomic E-state index is 5.42. The Balaban J connectivity index is 1.83. The van der Waals surface area contributed by atoms with E-state index in [1.54, 1.807) is 14.2 Å². The van der Waals surface area contributed by atoms with Crippen LogP contribution < -0.4 is 14.8 Å². The number of hydrogen-bond donors (Lipinski definition) is 2. The smallest absolute Gasteiger partial charge is 0.161 e. The van der Waals surface area contributed by atoms with Crippen molar-refractivity contribution in [3.05, 3.63) is 52.3 Å². The lowest BCUT2D eigenvalue weighted by Crippen LogP contribution is -2.26. The van der Waals surface area contributed by atoms with Gasteiger partial charge in [-0.2, -0.15) is 0 Å². The maximum atomic E-state index is 5.42. The first-order chi connectivity index (χ1) is 12.5. The number of benzene rings is 2. The van der Waals surface area contributed by atoms with Gasteiger partial charge in [0.1, 0.15) is 5.82 Å². The molecular weight excluding hydrogens is 394 g/mol. The van der Waals surface area contributed by atoms with Crippen molar-refractivity contribution in [2.45, 2.75) is 26.4 Å². The number of nitrogens with zero attached hydrogens (tertiary/aromatic N) is 1. The number of fused-ring (bicyclic) bond motifs is 1. The second-order valence-corrected chi connectivity index (χ2v) is 7.39. The third-order valence-electron chi connectivity index (χ3n) is 4.43. The van der Waals surface area contributed by atoms with E-state index in [4.69, 9.17) is 14.5 Å². The van der Waals surface area contributed by atoms with Gasteiger partial charge in [-0.25, -0.2) is 4.98 Å². The van der Waals surface area contributed by atoms with Crippen molar-refractivity contribution in [3.63, 3.8) is 0 Å². The second-order valence-electron chi connectivity index (χ2n) is 6.54. The molecule has 0 aliphatic heterocycles. The highest BCUT2D eigenvalue weighted by molar-refractivity contribution is 9.10. The van der Waals surface area contributed by atoms with E-state index in [1.807, 2.05) is 36.4 Å². The van der Waals surface area contributed by atoms with Gasteiger partial charge >= 0.3 is 0 Å². The number of halogens is 1. The van der Waals surface area contributed by atoms with Gasteiger partial charge in [0.15, 0.2) is 11.5 Å². The zero-order chi connectivity index (χ0) is 18.7. The summed E-state index contributed by atoms with van der Waals surface area (Å²) in [6.45, 7) is 5.06. The number of imidazole rings is 1. The molecule has 1 heterocycles. The number of nitrogens with one attached hydrogen (secondary N) is 2. The molecule has 26 heavy (non-hydrogen) atoms. The van der Waals surface area contributed by atoms with Gasteiger partial charge in [-0.15, -0.1) is 0 Å². The quantitative estimate of drug-likeness (QED) is 0.577. The molecule has 0 unspecified atom stereocenters. The van der Waals surface area contributed by atoms with Gasteiger partial charge in [-0.05, 0) is 35.7 Å². The molecule has 0 saturated carbocycles.